The monoisotopic (exact) mass is 346 g/mol. The molecule has 0 N–H and O–H groups in total. The van der Waals surface area contributed by atoms with Crippen molar-refractivity contribution in [2.24, 2.45) is 7.05 Å². The Hall–Kier alpha value is -1.47. The van der Waals surface area contributed by atoms with Gasteiger partial charge < -0.3 is 9.47 Å². The van der Waals surface area contributed by atoms with Gasteiger partial charge in [0.2, 0.25) is 5.13 Å². The summed E-state index contributed by atoms with van der Waals surface area (Å²) in [4.78, 5) is 14.2. The molecule has 2 aliphatic rings. The molecule has 1 saturated heterocycles. The SMILES string of the molecule is CN(C)c1nc(CN2CCC[C@@H]2c2nc3c(n2C)CCCC3)ns1. The second-order valence-corrected chi connectivity index (χ2v) is 7.88. The third-order valence-corrected chi connectivity index (χ3v) is 6.18. The topological polar surface area (TPSA) is 50.1 Å². The molecule has 0 spiro atoms. The summed E-state index contributed by atoms with van der Waals surface area (Å²) in [6.45, 7) is 1.94. The minimum Gasteiger partial charge on any atom is -0.353 e. The molecule has 1 fully saturated rings. The quantitative estimate of drug-likeness (QED) is 0.851. The zero-order valence-corrected chi connectivity index (χ0v) is 15.6. The highest BCUT2D eigenvalue weighted by molar-refractivity contribution is 7.09. The molecule has 1 aliphatic heterocycles. The van der Waals surface area contributed by atoms with Gasteiger partial charge in [0.05, 0.1) is 18.3 Å². The number of imidazole rings is 1. The molecule has 2 aromatic heterocycles. The molecule has 0 amide bonds. The van der Waals surface area contributed by atoms with E-state index in [1.54, 1.807) is 0 Å². The molecule has 1 aliphatic carbocycles. The number of likely N-dealkylation sites (tertiary alicyclic amines) is 1. The Labute approximate surface area is 147 Å². The summed E-state index contributed by atoms with van der Waals surface area (Å²) < 4.78 is 6.91. The lowest BCUT2D eigenvalue weighted by Crippen LogP contribution is -2.25. The second-order valence-electron chi connectivity index (χ2n) is 7.15. The molecule has 4 rings (SSSR count). The van der Waals surface area contributed by atoms with E-state index in [1.807, 2.05) is 19.0 Å². The molecule has 1 atom stereocenters. The Morgan fingerprint density at radius 2 is 2.00 bits per heavy atom. The van der Waals surface area contributed by atoms with Crippen LogP contribution in [0.2, 0.25) is 0 Å². The van der Waals surface area contributed by atoms with E-state index >= 15 is 0 Å². The molecule has 7 heteroatoms. The van der Waals surface area contributed by atoms with Gasteiger partial charge >= 0.3 is 0 Å². The Balaban J connectivity index is 1.55. The Kier molecular flexibility index (Phi) is 4.30. The van der Waals surface area contributed by atoms with Gasteiger partial charge in [-0.05, 0) is 45.1 Å². The summed E-state index contributed by atoms with van der Waals surface area (Å²) in [6.07, 6.45) is 7.34. The van der Waals surface area contributed by atoms with Crippen molar-refractivity contribution in [3.05, 3.63) is 23.0 Å². The highest BCUT2D eigenvalue weighted by Crippen LogP contribution is 2.34. The number of aryl methyl sites for hydroxylation is 1. The van der Waals surface area contributed by atoms with Gasteiger partial charge in [0.1, 0.15) is 5.82 Å². The number of hydrogen-bond acceptors (Lipinski definition) is 6. The van der Waals surface area contributed by atoms with Crippen LogP contribution in [-0.4, -0.2) is 44.4 Å². The lowest BCUT2D eigenvalue weighted by molar-refractivity contribution is 0.231. The van der Waals surface area contributed by atoms with Crippen LogP contribution in [0.4, 0.5) is 5.13 Å². The van der Waals surface area contributed by atoms with Gasteiger partial charge in [-0.3, -0.25) is 4.90 Å². The largest absolute Gasteiger partial charge is 0.353 e. The summed E-state index contributed by atoms with van der Waals surface area (Å²) in [6, 6.07) is 0.409. The highest BCUT2D eigenvalue weighted by atomic mass is 32.1. The molecule has 6 nitrogen and oxygen atoms in total. The zero-order valence-electron chi connectivity index (χ0n) is 14.8. The molecule has 0 aromatic carbocycles. The average molecular weight is 347 g/mol. The van der Waals surface area contributed by atoms with Gasteiger partial charge in [0.25, 0.3) is 0 Å². The fourth-order valence-electron chi connectivity index (χ4n) is 3.98. The third kappa shape index (κ3) is 2.84. The number of hydrogen-bond donors (Lipinski definition) is 0. The van der Waals surface area contributed by atoms with Crippen LogP contribution in [0.15, 0.2) is 0 Å². The average Bonchev–Trinajstić information content (AvgIpc) is 3.28. The summed E-state index contributed by atoms with van der Waals surface area (Å²) >= 11 is 1.48. The van der Waals surface area contributed by atoms with Crippen LogP contribution >= 0.6 is 11.5 Å². The van der Waals surface area contributed by atoms with Gasteiger partial charge in [-0.15, -0.1) is 0 Å². The minimum absolute atomic E-state index is 0.409. The Bertz CT molecular complexity index is 719. The van der Waals surface area contributed by atoms with Crippen LogP contribution in [0.3, 0.4) is 0 Å². The van der Waals surface area contributed by atoms with Crippen molar-refractivity contribution >= 4 is 16.7 Å². The molecule has 0 saturated carbocycles. The lowest BCUT2D eigenvalue weighted by Gasteiger charge is -2.23. The molecule has 0 radical (unpaired) electrons. The first-order valence-electron chi connectivity index (χ1n) is 8.92. The first-order chi connectivity index (χ1) is 11.6. The van der Waals surface area contributed by atoms with Gasteiger partial charge in [0.15, 0.2) is 5.82 Å². The number of rotatable bonds is 4. The number of fused-ring (bicyclic) bond motifs is 1. The number of aromatic nitrogens is 4. The summed E-state index contributed by atoms with van der Waals surface area (Å²) in [5, 5.41) is 0.980. The fourth-order valence-corrected chi connectivity index (χ4v) is 4.58. The van der Waals surface area contributed by atoms with Crippen molar-refractivity contribution in [2.75, 3.05) is 25.5 Å². The standard InChI is InChI=1S/C17H26N6S/c1-21(2)17-19-15(20-24-17)11-23-10-6-9-14(23)16-18-12-7-4-5-8-13(12)22(16)3/h14H,4-11H2,1-3H3/t14-/m1/s1. The van der Waals surface area contributed by atoms with E-state index in [-0.39, 0.29) is 0 Å². The van der Waals surface area contributed by atoms with E-state index in [9.17, 15) is 0 Å². The first kappa shape index (κ1) is 16.0. The molecule has 2 aromatic rings. The predicted molar refractivity (Wildman–Crippen MR) is 96.5 cm³/mol. The minimum atomic E-state index is 0.409. The Morgan fingerprint density at radius 1 is 1.17 bits per heavy atom. The van der Waals surface area contributed by atoms with Gasteiger partial charge in [-0.25, -0.2) is 9.97 Å². The van der Waals surface area contributed by atoms with E-state index in [0.717, 1.165) is 30.5 Å². The van der Waals surface area contributed by atoms with Crippen molar-refractivity contribution in [3.63, 3.8) is 0 Å². The Morgan fingerprint density at radius 3 is 2.75 bits per heavy atom. The van der Waals surface area contributed by atoms with Gasteiger partial charge in [-0.1, -0.05) is 0 Å². The molecule has 130 valence electrons. The lowest BCUT2D eigenvalue weighted by atomic mass is 10.0. The normalized spacial score (nSPS) is 21.2. The van der Waals surface area contributed by atoms with E-state index < -0.39 is 0 Å². The van der Waals surface area contributed by atoms with E-state index in [4.69, 9.17) is 4.98 Å². The molecule has 3 heterocycles. The second kappa shape index (κ2) is 6.44. The molecular formula is C17H26N6S. The van der Waals surface area contributed by atoms with E-state index in [1.165, 1.54) is 60.8 Å². The summed E-state index contributed by atoms with van der Waals surface area (Å²) in [5.74, 6) is 2.19. The van der Waals surface area contributed by atoms with Crippen molar-refractivity contribution in [2.45, 2.75) is 51.1 Å². The maximum absolute atomic E-state index is 5.03. The van der Waals surface area contributed by atoms with Crippen LogP contribution in [-0.2, 0) is 26.4 Å². The third-order valence-electron chi connectivity index (χ3n) is 5.25. The van der Waals surface area contributed by atoms with E-state index in [2.05, 4.69) is 25.9 Å². The maximum atomic E-state index is 5.03. The summed E-state index contributed by atoms with van der Waals surface area (Å²) in [7, 11) is 6.23. The molecular weight excluding hydrogens is 320 g/mol. The zero-order chi connectivity index (χ0) is 16.7. The van der Waals surface area contributed by atoms with Crippen LogP contribution in [0, 0.1) is 0 Å². The van der Waals surface area contributed by atoms with Crippen LogP contribution in [0.1, 0.15) is 54.8 Å². The van der Waals surface area contributed by atoms with Crippen LogP contribution in [0.5, 0.6) is 0 Å². The molecule has 0 bridgehead atoms. The first-order valence-corrected chi connectivity index (χ1v) is 9.69. The van der Waals surface area contributed by atoms with E-state index in [0.29, 0.717) is 6.04 Å². The fraction of sp³-hybridized carbons (Fsp3) is 0.706. The number of nitrogens with zero attached hydrogens (tertiary/aromatic N) is 6. The van der Waals surface area contributed by atoms with Crippen molar-refractivity contribution in [1.29, 1.82) is 0 Å². The molecule has 0 unspecified atom stereocenters. The van der Waals surface area contributed by atoms with Crippen LogP contribution < -0.4 is 4.90 Å². The number of anilines is 1. The summed E-state index contributed by atoms with van der Waals surface area (Å²) in [5.41, 5.74) is 2.80. The van der Waals surface area contributed by atoms with Crippen LogP contribution in [0.25, 0.3) is 0 Å². The smallest absolute Gasteiger partial charge is 0.204 e. The maximum Gasteiger partial charge on any atom is 0.204 e. The highest BCUT2D eigenvalue weighted by Gasteiger charge is 2.32. The van der Waals surface area contributed by atoms with Crippen molar-refractivity contribution in [3.8, 4) is 0 Å². The van der Waals surface area contributed by atoms with Crippen molar-refractivity contribution < 1.29 is 0 Å². The van der Waals surface area contributed by atoms with Crippen molar-refractivity contribution in [1.82, 2.24) is 23.8 Å². The van der Waals surface area contributed by atoms with Gasteiger partial charge in [0, 0.05) is 38.4 Å². The predicted octanol–water partition coefficient (Wildman–Crippen LogP) is 2.55. The van der Waals surface area contributed by atoms with Gasteiger partial charge in [-0.2, -0.15) is 4.37 Å². The molecule has 24 heavy (non-hydrogen) atoms.